The number of carbonyl (C=O) groups excluding carboxylic acids is 1. The van der Waals surface area contributed by atoms with Gasteiger partial charge in [-0.1, -0.05) is 49.6 Å². The predicted octanol–water partition coefficient (Wildman–Crippen LogP) is 4.07. The second-order valence-electron chi connectivity index (χ2n) is 7.00. The molecule has 138 valence electrons. The lowest BCUT2D eigenvalue weighted by molar-refractivity contribution is 0.102. The second kappa shape index (κ2) is 9.51. The lowest BCUT2D eigenvalue weighted by atomic mass is 9.94. The van der Waals surface area contributed by atoms with Crippen molar-refractivity contribution in [2.24, 2.45) is 0 Å². The van der Waals surface area contributed by atoms with Crippen LogP contribution in [0, 0.1) is 0 Å². The first kappa shape index (κ1) is 18.6. The summed E-state index contributed by atoms with van der Waals surface area (Å²) in [4.78, 5) is 14.7. The molecule has 1 amide bonds. The molecule has 0 heterocycles. The Balaban J connectivity index is 1.61. The van der Waals surface area contributed by atoms with E-state index in [-0.39, 0.29) is 12.5 Å². The zero-order valence-electron chi connectivity index (χ0n) is 15.2. The number of para-hydroxylation sites is 1. The van der Waals surface area contributed by atoms with Crippen LogP contribution in [-0.2, 0) is 6.54 Å². The van der Waals surface area contributed by atoms with Crippen LogP contribution < -0.4 is 5.32 Å². The number of hydrogen-bond donors (Lipinski definition) is 2. The van der Waals surface area contributed by atoms with Gasteiger partial charge in [-0.2, -0.15) is 0 Å². The minimum absolute atomic E-state index is 0.0951. The van der Waals surface area contributed by atoms with Crippen LogP contribution in [0.15, 0.2) is 54.6 Å². The highest BCUT2D eigenvalue weighted by atomic mass is 16.3. The molecule has 1 aliphatic carbocycles. The van der Waals surface area contributed by atoms with E-state index in [4.69, 9.17) is 0 Å². The van der Waals surface area contributed by atoms with Gasteiger partial charge in [-0.15, -0.1) is 0 Å². The molecule has 0 atom stereocenters. The molecule has 0 radical (unpaired) electrons. The van der Waals surface area contributed by atoms with Gasteiger partial charge in [0, 0.05) is 30.4 Å². The molecule has 2 N–H and O–H groups in total. The maximum atomic E-state index is 12.3. The van der Waals surface area contributed by atoms with Crippen molar-refractivity contribution in [2.45, 2.75) is 44.7 Å². The van der Waals surface area contributed by atoms with E-state index in [1.54, 1.807) is 0 Å². The molecule has 0 aromatic heterocycles. The molecule has 4 nitrogen and oxygen atoms in total. The number of nitrogens with one attached hydrogen (secondary N) is 1. The third kappa shape index (κ3) is 5.16. The lowest BCUT2D eigenvalue weighted by Crippen LogP contribution is -2.38. The Morgan fingerprint density at radius 2 is 1.69 bits per heavy atom. The van der Waals surface area contributed by atoms with Crippen LogP contribution in [0.3, 0.4) is 0 Å². The van der Waals surface area contributed by atoms with E-state index in [2.05, 4.69) is 10.2 Å². The Kier molecular flexibility index (Phi) is 6.81. The van der Waals surface area contributed by atoms with Gasteiger partial charge in [0.2, 0.25) is 0 Å². The maximum absolute atomic E-state index is 12.3. The fourth-order valence-corrected chi connectivity index (χ4v) is 3.69. The van der Waals surface area contributed by atoms with Gasteiger partial charge < -0.3 is 10.4 Å². The summed E-state index contributed by atoms with van der Waals surface area (Å²) in [5.41, 5.74) is 2.64. The number of benzene rings is 2. The van der Waals surface area contributed by atoms with E-state index < -0.39 is 0 Å². The van der Waals surface area contributed by atoms with Crippen LogP contribution in [0.5, 0.6) is 0 Å². The van der Waals surface area contributed by atoms with Crippen LogP contribution in [0.1, 0.15) is 48.0 Å². The first-order chi connectivity index (χ1) is 12.8. The first-order valence-corrected chi connectivity index (χ1v) is 9.56. The second-order valence-corrected chi connectivity index (χ2v) is 7.00. The standard InChI is InChI=1S/C22H28N2O2/c25-16-15-24(21-9-5-2-6-10-21)17-18-11-13-19(14-12-18)22(26)23-20-7-3-1-4-8-20/h1,3-4,7-8,11-14,21,25H,2,5-6,9-10,15-17H2,(H,23,26). The molecule has 26 heavy (non-hydrogen) atoms. The monoisotopic (exact) mass is 352 g/mol. The van der Waals surface area contributed by atoms with Crippen molar-refractivity contribution in [1.82, 2.24) is 4.90 Å². The van der Waals surface area contributed by atoms with Crippen molar-refractivity contribution < 1.29 is 9.90 Å². The Morgan fingerprint density at radius 3 is 2.35 bits per heavy atom. The van der Waals surface area contributed by atoms with E-state index in [0.717, 1.165) is 12.2 Å². The van der Waals surface area contributed by atoms with Crippen LogP contribution >= 0.6 is 0 Å². The molecule has 3 rings (SSSR count). The molecule has 0 bridgehead atoms. The SMILES string of the molecule is O=C(Nc1ccccc1)c1ccc(CN(CCO)C2CCCCC2)cc1. The van der Waals surface area contributed by atoms with Gasteiger partial charge in [-0.3, -0.25) is 9.69 Å². The van der Waals surface area contributed by atoms with Crippen LogP contribution in [0.2, 0.25) is 0 Å². The van der Waals surface area contributed by atoms with Crippen molar-refractivity contribution in [2.75, 3.05) is 18.5 Å². The average Bonchev–Trinajstić information content (AvgIpc) is 2.69. The van der Waals surface area contributed by atoms with Crippen molar-refractivity contribution in [3.05, 3.63) is 65.7 Å². The summed E-state index contributed by atoms with van der Waals surface area (Å²) in [6, 6.07) is 17.9. The summed E-state index contributed by atoms with van der Waals surface area (Å²) in [5.74, 6) is -0.0951. The van der Waals surface area contributed by atoms with Crippen LogP contribution in [-0.4, -0.2) is 35.1 Å². The summed E-state index contributed by atoms with van der Waals surface area (Å²) in [7, 11) is 0. The van der Waals surface area contributed by atoms with E-state index in [1.165, 1.54) is 37.7 Å². The third-order valence-corrected chi connectivity index (χ3v) is 5.11. The van der Waals surface area contributed by atoms with Crippen LogP contribution in [0.25, 0.3) is 0 Å². The van der Waals surface area contributed by atoms with Gasteiger partial charge in [0.05, 0.1) is 6.61 Å². The molecular weight excluding hydrogens is 324 g/mol. The molecule has 1 saturated carbocycles. The normalized spacial score (nSPS) is 15.2. The number of aliphatic hydroxyl groups excluding tert-OH is 1. The zero-order chi connectivity index (χ0) is 18.2. The number of rotatable bonds is 7. The molecule has 0 spiro atoms. The van der Waals surface area contributed by atoms with Crippen LogP contribution in [0.4, 0.5) is 5.69 Å². The summed E-state index contributed by atoms with van der Waals surface area (Å²) >= 11 is 0. The molecule has 1 aliphatic rings. The number of aliphatic hydroxyl groups is 1. The Hall–Kier alpha value is -2.17. The van der Waals surface area contributed by atoms with Gasteiger partial charge in [-0.05, 0) is 42.7 Å². The highest BCUT2D eigenvalue weighted by Gasteiger charge is 2.20. The number of nitrogens with zero attached hydrogens (tertiary/aromatic N) is 1. The molecule has 4 heteroatoms. The Labute approximate surface area is 155 Å². The number of carbonyl (C=O) groups is 1. The molecular formula is C22H28N2O2. The lowest BCUT2D eigenvalue weighted by Gasteiger charge is -2.34. The molecule has 0 aliphatic heterocycles. The smallest absolute Gasteiger partial charge is 0.255 e. The summed E-state index contributed by atoms with van der Waals surface area (Å²) in [5, 5.41) is 12.3. The van der Waals surface area contributed by atoms with E-state index in [9.17, 15) is 9.90 Å². The fourth-order valence-electron chi connectivity index (χ4n) is 3.69. The van der Waals surface area contributed by atoms with Gasteiger partial charge >= 0.3 is 0 Å². The predicted molar refractivity (Wildman–Crippen MR) is 105 cm³/mol. The molecule has 0 saturated heterocycles. The summed E-state index contributed by atoms with van der Waals surface area (Å²) in [6.45, 7) is 1.72. The Bertz CT molecular complexity index is 679. The minimum Gasteiger partial charge on any atom is -0.395 e. The summed E-state index contributed by atoms with van der Waals surface area (Å²) < 4.78 is 0. The summed E-state index contributed by atoms with van der Waals surface area (Å²) in [6.07, 6.45) is 6.33. The third-order valence-electron chi connectivity index (χ3n) is 5.11. The Morgan fingerprint density at radius 1 is 1.00 bits per heavy atom. The number of hydrogen-bond acceptors (Lipinski definition) is 3. The number of anilines is 1. The minimum atomic E-state index is -0.0951. The largest absolute Gasteiger partial charge is 0.395 e. The molecule has 0 unspecified atom stereocenters. The topological polar surface area (TPSA) is 52.6 Å². The first-order valence-electron chi connectivity index (χ1n) is 9.56. The molecule has 2 aromatic rings. The van der Waals surface area contributed by atoms with Gasteiger partial charge in [-0.25, -0.2) is 0 Å². The fraction of sp³-hybridized carbons (Fsp3) is 0.409. The van der Waals surface area contributed by atoms with E-state index in [0.29, 0.717) is 18.2 Å². The van der Waals surface area contributed by atoms with Crippen molar-refractivity contribution in [3.8, 4) is 0 Å². The van der Waals surface area contributed by atoms with E-state index >= 15 is 0 Å². The van der Waals surface area contributed by atoms with Crippen molar-refractivity contribution in [3.63, 3.8) is 0 Å². The van der Waals surface area contributed by atoms with Crippen molar-refractivity contribution >= 4 is 11.6 Å². The zero-order valence-corrected chi connectivity index (χ0v) is 15.2. The van der Waals surface area contributed by atoms with Gasteiger partial charge in [0.1, 0.15) is 0 Å². The van der Waals surface area contributed by atoms with Crippen molar-refractivity contribution in [1.29, 1.82) is 0 Å². The maximum Gasteiger partial charge on any atom is 0.255 e. The average molecular weight is 352 g/mol. The number of amides is 1. The highest BCUT2D eigenvalue weighted by molar-refractivity contribution is 6.04. The van der Waals surface area contributed by atoms with E-state index in [1.807, 2.05) is 54.6 Å². The van der Waals surface area contributed by atoms with Gasteiger partial charge in [0.15, 0.2) is 0 Å². The molecule has 1 fully saturated rings. The molecule has 2 aromatic carbocycles. The van der Waals surface area contributed by atoms with Gasteiger partial charge in [0.25, 0.3) is 5.91 Å². The highest BCUT2D eigenvalue weighted by Crippen LogP contribution is 2.24. The quantitative estimate of drug-likeness (QED) is 0.790.